The van der Waals surface area contributed by atoms with Gasteiger partial charge >= 0.3 is 0 Å². The van der Waals surface area contributed by atoms with Crippen molar-refractivity contribution in [3.63, 3.8) is 0 Å². The Bertz CT molecular complexity index is 83.6. The minimum absolute atomic E-state index is 0.171. The minimum Gasteiger partial charge on any atom is -0.306 e. The molecule has 0 aromatic heterocycles. The van der Waals surface area contributed by atoms with Crippen LogP contribution in [0.2, 0.25) is 0 Å². The minimum atomic E-state index is -0.171. The molecule has 0 unspecified atom stereocenters. The van der Waals surface area contributed by atoms with Crippen molar-refractivity contribution in [3.05, 3.63) is 0 Å². The van der Waals surface area contributed by atoms with Crippen LogP contribution in [-0.2, 0) is 0 Å². The highest BCUT2D eigenvalue weighted by Gasteiger charge is 2.00. The Kier molecular flexibility index (Phi) is 6.52. The van der Waals surface area contributed by atoms with E-state index in [0.29, 0.717) is 12.3 Å². The molecular weight excluding hydrogens is 141 g/mol. The van der Waals surface area contributed by atoms with Gasteiger partial charge < -0.3 is 4.90 Å². The number of alkyl halides is 1. The molecule has 0 atom stereocenters. The van der Waals surface area contributed by atoms with E-state index < -0.39 is 0 Å². The van der Waals surface area contributed by atoms with E-state index in [1.54, 1.807) is 0 Å². The van der Waals surface area contributed by atoms with Crippen molar-refractivity contribution in [1.29, 1.82) is 0 Å². The van der Waals surface area contributed by atoms with Gasteiger partial charge in [-0.25, -0.2) is 0 Å². The summed E-state index contributed by atoms with van der Waals surface area (Å²) in [5.74, 6) is 0.713. The Morgan fingerprint density at radius 2 is 1.91 bits per heavy atom. The molecule has 0 N–H and O–H groups in total. The average molecular weight is 161 g/mol. The fourth-order valence-corrected chi connectivity index (χ4v) is 1.19. The zero-order chi connectivity index (χ0) is 8.69. The Hall–Kier alpha value is -0.110. The predicted octanol–water partition coefficient (Wildman–Crippen LogP) is 2.32. The largest absolute Gasteiger partial charge is 0.306 e. The summed E-state index contributed by atoms with van der Waals surface area (Å²) in [6, 6.07) is 0. The molecule has 0 heterocycles. The number of hydrogen-bond donors (Lipinski definition) is 0. The second-order valence-corrected chi connectivity index (χ2v) is 3.55. The Morgan fingerprint density at radius 1 is 1.27 bits per heavy atom. The van der Waals surface area contributed by atoms with Gasteiger partial charge in [0.2, 0.25) is 0 Å². The molecule has 0 rings (SSSR count). The standard InChI is InChI=1S/C9H20FN/c1-9(2)8-11(3)7-5-4-6-10/h9H,4-8H2,1-3H3. The number of unbranched alkanes of at least 4 members (excludes halogenated alkanes) is 1. The smallest absolute Gasteiger partial charge is 0.0894 e. The molecule has 0 aliphatic carbocycles. The van der Waals surface area contributed by atoms with E-state index in [2.05, 4.69) is 25.8 Å². The van der Waals surface area contributed by atoms with Crippen LogP contribution in [0.1, 0.15) is 26.7 Å². The van der Waals surface area contributed by atoms with Gasteiger partial charge in [-0.05, 0) is 32.4 Å². The van der Waals surface area contributed by atoms with Gasteiger partial charge in [-0.3, -0.25) is 4.39 Å². The van der Waals surface area contributed by atoms with Crippen LogP contribution in [0.25, 0.3) is 0 Å². The van der Waals surface area contributed by atoms with Crippen LogP contribution in [0.3, 0.4) is 0 Å². The molecule has 0 aliphatic heterocycles. The van der Waals surface area contributed by atoms with E-state index in [4.69, 9.17) is 0 Å². The molecule has 0 spiro atoms. The van der Waals surface area contributed by atoms with Crippen LogP contribution >= 0.6 is 0 Å². The topological polar surface area (TPSA) is 3.24 Å². The molecule has 2 heteroatoms. The van der Waals surface area contributed by atoms with Crippen LogP contribution < -0.4 is 0 Å². The molecule has 0 radical (unpaired) electrons. The lowest BCUT2D eigenvalue weighted by Crippen LogP contribution is -2.24. The fourth-order valence-electron chi connectivity index (χ4n) is 1.19. The maximum absolute atomic E-state index is 11.7. The molecule has 11 heavy (non-hydrogen) atoms. The van der Waals surface area contributed by atoms with E-state index in [1.807, 2.05) is 0 Å². The van der Waals surface area contributed by atoms with Gasteiger partial charge in [-0.15, -0.1) is 0 Å². The van der Waals surface area contributed by atoms with Crippen LogP contribution in [0.15, 0.2) is 0 Å². The summed E-state index contributed by atoms with van der Waals surface area (Å²) >= 11 is 0. The van der Waals surface area contributed by atoms with Crippen LogP contribution in [-0.4, -0.2) is 31.7 Å². The average Bonchev–Trinajstić information content (AvgIpc) is 1.86. The molecule has 0 aliphatic rings. The summed E-state index contributed by atoms with van der Waals surface area (Å²) in [5, 5.41) is 0. The zero-order valence-electron chi connectivity index (χ0n) is 7.94. The molecule has 0 saturated heterocycles. The Morgan fingerprint density at radius 3 is 2.36 bits per heavy atom. The lowest BCUT2D eigenvalue weighted by molar-refractivity contribution is 0.284. The van der Waals surface area contributed by atoms with Crippen LogP contribution in [0.4, 0.5) is 4.39 Å². The second-order valence-electron chi connectivity index (χ2n) is 3.55. The zero-order valence-corrected chi connectivity index (χ0v) is 7.94. The third-order valence-electron chi connectivity index (χ3n) is 1.60. The first-order valence-electron chi connectivity index (χ1n) is 4.41. The van der Waals surface area contributed by atoms with E-state index in [0.717, 1.165) is 19.5 Å². The van der Waals surface area contributed by atoms with E-state index in [1.165, 1.54) is 0 Å². The van der Waals surface area contributed by atoms with Gasteiger partial charge in [0.25, 0.3) is 0 Å². The maximum atomic E-state index is 11.7. The normalized spacial score (nSPS) is 11.5. The highest BCUT2D eigenvalue weighted by molar-refractivity contribution is 4.54. The van der Waals surface area contributed by atoms with Crippen LogP contribution in [0.5, 0.6) is 0 Å². The van der Waals surface area contributed by atoms with Crippen LogP contribution in [0, 0.1) is 5.92 Å². The third kappa shape index (κ3) is 7.79. The summed E-state index contributed by atoms with van der Waals surface area (Å²) in [6.45, 7) is 6.38. The number of nitrogens with zero attached hydrogens (tertiary/aromatic N) is 1. The quantitative estimate of drug-likeness (QED) is 0.540. The highest BCUT2D eigenvalue weighted by Crippen LogP contribution is 1.98. The Balaban J connectivity index is 3.15. The fraction of sp³-hybridized carbons (Fsp3) is 1.00. The number of rotatable bonds is 6. The monoisotopic (exact) mass is 161 g/mol. The van der Waals surface area contributed by atoms with Crippen molar-refractivity contribution < 1.29 is 4.39 Å². The van der Waals surface area contributed by atoms with Crippen molar-refractivity contribution >= 4 is 0 Å². The summed E-state index contributed by atoms with van der Waals surface area (Å²) in [4.78, 5) is 2.26. The van der Waals surface area contributed by atoms with Crippen molar-refractivity contribution in [3.8, 4) is 0 Å². The lowest BCUT2D eigenvalue weighted by atomic mass is 10.2. The molecule has 0 amide bonds. The summed E-state index contributed by atoms with van der Waals surface area (Å²) in [5.41, 5.74) is 0. The lowest BCUT2D eigenvalue weighted by Gasteiger charge is -2.18. The van der Waals surface area contributed by atoms with Gasteiger partial charge in [0.05, 0.1) is 6.67 Å². The number of hydrogen-bond acceptors (Lipinski definition) is 1. The van der Waals surface area contributed by atoms with E-state index >= 15 is 0 Å². The van der Waals surface area contributed by atoms with Gasteiger partial charge in [0.15, 0.2) is 0 Å². The van der Waals surface area contributed by atoms with E-state index in [9.17, 15) is 4.39 Å². The molecule has 0 bridgehead atoms. The number of halogens is 1. The van der Waals surface area contributed by atoms with Gasteiger partial charge in [-0.2, -0.15) is 0 Å². The molecule has 0 aromatic rings. The molecule has 0 fully saturated rings. The van der Waals surface area contributed by atoms with Crippen molar-refractivity contribution in [1.82, 2.24) is 4.90 Å². The molecule has 0 aromatic carbocycles. The van der Waals surface area contributed by atoms with E-state index in [-0.39, 0.29) is 6.67 Å². The molecule has 0 saturated carbocycles. The summed E-state index contributed by atoms with van der Waals surface area (Å²) in [6.07, 6.45) is 1.70. The Labute approximate surface area is 69.6 Å². The third-order valence-corrected chi connectivity index (χ3v) is 1.60. The second kappa shape index (κ2) is 6.59. The summed E-state index contributed by atoms with van der Waals surface area (Å²) < 4.78 is 11.7. The molecular formula is C9H20FN. The SMILES string of the molecule is CC(C)CN(C)CCCCF. The first-order chi connectivity index (χ1) is 5.16. The molecule has 68 valence electrons. The van der Waals surface area contributed by atoms with Gasteiger partial charge in [-0.1, -0.05) is 13.8 Å². The predicted molar refractivity (Wildman–Crippen MR) is 47.5 cm³/mol. The maximum Gasteiger partial charge on any atom is 0.0894 e. The highest BCUT2D eigenvalue weighted by atomic mass is 19.1. The molecule has 1 nitrogen and oxygen atoms in total. The van der Waals surface area contributed by atoms with Crippen molar-refractivity contribution in [2.45, 2.75) is 26.7 Å². The first kappa shape index (κ1) is 10.9. The van der Waals surface area contributed by atoms with Gasteiger partial charge in [0, 0.05) is 6.54 Å². The van der Waals surface area contributed by atoms with Gasteiger partial charge in [0.1, 0.15) is 0 Å². The van der Waals surface area contributed by atoms with Crippen molar-refractivity contribution in [2.75, 3.05) is 26.8 Å². The van der Waals surface area contributed by atoms with Crippen molar-refractivity contribution in [2.24, 2.45) is 5.92 Å². The summed E-state index contributed by atoms with van der Waals surface area (Å²) in [7, 11) is 2.10. The first-order valence-corrected chi connectivity index (χ1v) is 4.41.